The summed E-state index contributed by atoms with van der Waals surface area (Å²) in [5, 5.41) is 6.72. The first-order chi connectivity index (χ1) is 13.5. The Hall–Kier alpha value is -2.18. The predicted octanol–water partition coefficient (Wildman–Crippen LogP) is 4.66. The molecule has 2 heterocycles. The van der Waals surface area contributed by atoms with E-state index in [4.69, 9.17) is 0 Å². The Labute approximate surface area is 173 Å². The zero-order chi connectivity index (χ0) is 19.7. The van der Waals surface area contributed by atoms with Crippen LogP contribution in [0.25, 0.3) is 5.57 Å². The van der Waals surface area contributed by atoms with E-state index in [1.165, 1.54) is 0 Å². The van der Waals surface area contributed by atoms with Gasteiger partial charge in [-0.2, -0.15) is 0 Å². The zero-order valence-corrected chi connectivity index (χ0v) is 17.6. The second-order valence-electron chi connectivity index (χ2n) is 7.56. The van der Waals surface area contributed by atoms with Crippen LogP contribution in [0.4, 0.5) is 15.8 Å². The van der Waals surface area contributed by atoms with Crippen molar-refractivity contribution in [3.63, 3.8) is 0 Å². The summed E-state index contributed by atoms with van der Waals surface area (Å²) in [6, 6.07) is 12.2. The number of piperazine rings is 1. The molecule has 146 valence electrons. The monoisotopic (exact) mass is 442 g/mol. The third-order valence-electron chi connectivity index (χ3n) is 5.11. The number of nitrogens with zero attached hydrogens (tertiary/aromatic N) is 2. The Balaban J connectivity index is 1.52. The van der Waals surface area contributed by atoms with Crippen molar-refractivity contribution in [1.82, 2.24) is 5.32 Å². The third-order valence-corrected chi connectivity index (χ3v) is 5.61. The molecule has 2 atom stereocenters. The summed E-state index contributed by atoms with van der Waals surface area (Å²) in [7, 11) is 0. The van der Waals surface area contributed by atoms with Gasteiger partial charge in [0.05, 0.1) is 12.2 Å². The lowest BCUT2D eigenvalue weighted by molar-refractivity contribution is 0.404. The number of hydrogen-bond donors (Lipinski definition) is 2. The number of fused-ring (bicyclic) bond motifs is 1. The van der Waals surface area contributed by atoms with Gasteiger partial charge in [0.1, 0.15) is 5.82 Å². The predicted molar refractivity (Wildman–Crippen MR) is 119 cm³/mol. The second kappa shape index (κ2) is 8.05. The fourth-order valence-electron chi connectivity index (χ4n) is 3.92. The number of halogens is 2. The molecule has 0 saturated carbocycles. The van der Waals surface area contributed by atoms with Gasteiger partial charge < -0.3 is 15.5 Å². The SMILES string of the molecule is C[C@@H]1CN(c2ccc(N/C=C3\CN=Cc4ccc(Br)cc43)cc2F)C[C@H](C)N1. The quantitative estimate of drug-likeness (QED) is 0.725. The molecule has 6 heteroatoms. The lowest BCUT2D eigenvalue weighted by atomic mass is 9.99. The maximum absolute atomic E-state index is 14.8. The number of aliphatic imine (C=N–C) groups is 1. The van der Waals surface area contributed by atoms with Crippen LogP contribution in [0.5, 0.6) is 0 Å². The molecule has 1 fully saturated rings. The Morgan fingerprint density at radius 2 is 1.96 bits per heavy atom. The molecule has 0 radical (unpaired) electrons. The number of nitrogens with one attached hydrogen (secondary N) is 2. The molecule has 0 aromatic heterocycles. The zero-order valence-electron chi connectivity index (χ0n) is 16.0. The highest BCUT2D eigenvalue weighted by molar-refractivity contribution is 9.10. The number of rotatable bonds is 3. The summed E-state index contributed by atoms with van der Waals surface area (Å²) in [6.45, 7) is 6.48. The lowest BCUT2D eigenvalue weighted by Gasteiger charge is -2.37. The first-order valence-electron chi connectivity index (χ1n) is 9.55. The Bertz CT molecular complexity index is 930. The van der Waals surface area contributed by atoms with Crippen LogP contribution in [0.15, 0.2) is 52.1 Å². The average Bonchev–Trinajstić information content (AvgIpc) is 2.65. The highest BCUT2D eigenvalue weighted by Crippen LogP contribution is 2.28. The minimum atomic E-state index is -0.200. The van der Waals surface area contributed by atoms with Crippen LogP contribution in [0.1, 0.15) is 25.0 Å². The normalized spacial score (nSPS) is 23.0. The van der Waals surface area contributed by atoms with Crippen molar-refractivity contribution in [2.45, 2.75) is 25.9 Å². The largest absolute Gasteiger partial charge is 0.366 e. The minimum Gasteiger partial charge on any atom is -0.366 e. The molecule has 0 aliphatic carbocycles. The van der Waals surface area contributed by atoms with Crippen LogP contribution in [0.3, 0.4) is 0 Å². The van der Waals surface area contributed by atoms with Gasteiger partial charge in [-0.05, 0) is 60.9 Å². The summed E-state index contributed by atoms with van der Waals surface area (Å²) >= 11 is 3.53. The van der Waals surface area contributed by atoms with Crippen molar-refractivity contribution in [2.24, 2.45) is 4.99 Å². The second-order valence-corrected chi connectivity index (χ2v) is 8.47. The van der Waals surface area contributed by atoms with E-state index in [9.17, 15) is 4.39 Å². The highest BCUT2D eigenvalue weighted by Gasteiger charge is 2.23. The van der Waals surface area contributed by atoms with Gasteiger partial charge >= 0.3 is 0 Å². The summed E-state index contributed by atoms with van der Waals surface area (Å²) in [5.41, 5.74) is 4.70. The van der Waals surface area contributed by atoms with E-state index in [0.29, 0.717) is 24.3 Å². The van der Waals surface area contributed by atoms with Crippen LogP contribution in [0.2, 0.25) is 0 Å². The van der Waals surface area contributed by atoms with Crippen molar-refractivity contribution in [2.75, 3.05) is 29.9 Å². The summed E-state index contributed by atoms with van der Waals surface area (Å²) in [6.07, 6.45) is 3.81. The smallest absolute Gasteiger partial charge is 0.148 e. The maximum Gasteiger partial charge on any atom is 0.148 e. The van der Waals surface area contributed by atoms with E-state index in [-0.39, 0.29) is 5.82 Å². The number of benzene rings is 2. The van der Waals surface area contributed by atoms with Crippen LogP contribution in [0, 0.1) is 5.82 Å². The first-order valence-corrected chi connectivity index (χ1v) is 10.3. The topological polar surface area (TPSA) is 39.7 Å². The Morgan fingerprint density at radius 1 is 1.18 bits per heavy atom. The summed E-state index contributed by atoms with van der Waals surface area (Å²) < 4.78 is 15.8. The molecule has 0 bridgehead atoms. The van der Waals surface area contributed by atoms with E-state index < -0.39 is 0 Å². The van der Waals surface area contributed by atoms with Crippen molar-refractivity contribution in [3.8, 4) is 0 Å². The standard InChI is InChI=1S/C22H24BrFN4/c1-14-12-28(13-15(2)27-14)22-6-5-19(8-21(22)24)26-11-17-10-25-9-16-3-4-18(23)7-20(16)17/h3-9,11,14-15,26-27H,10,12-13H2,1-2H3/b17-11+/t14-,15+. The molecule has 28 heavy (non-hydrogen) atoms. The van der Waals surface area contributed by atoms with E-state index >= 15 is 0 Å². The summed E-state index contributed by atoms with van der Waals surface area (Å²) in [5.74, 6) is -0.200. The summed E-state index contributed by atoms with van der Waals surface area (Å²) in [4.78, 5) is 6.53. The average molecular weight is 443 g/mol. The van der Waals surface area contributed by atoms with Gasteiger partial charge in [0.25, 0.3) is 0 Å². The highest BCUT2D eigenvalue weighted by atomic mass is 79.9. The van der Waals surface area contributed by atoms with Crippen LogP contribution < -0.4 is 15.5 Å². The molecule has 2 N–H and O–H groups in total. The van der Waals surface area contributed by atoms with Crippen molar-refractivity contribution in [1.29, 1.82) is 0 Å². The molecular weight excluding hydrogens is 419 g/mol. The van der Waals surface area contributed by atoms with Crippen LogP contribution in [-0.2, 0) is 0 Å². The fourth-order valence-corrected chi connectivity index (χ4v) is 4.28. The maximum atomic E-state index is 14.8. The van der Waals surface area contributed by atoms with Crippen molar-refractivity contribution in [3.05, 3.63) is 64.0 Å². The van der Waals surface area contributed by atoms with Crippen molar-refractivity contribution >= 4 is 39.1 Å². The van der Waals surface area contributed by atoms with Crippen molar-refractivity contribution < 1.29 is 4.39 Å². The molecule has 0 amide bonds. The molecule has 2 aliphatic rings. The molecule has 2 aliphatic heterocycles. The van der Waals surface area contributed by atoms with Gasteiger partial charge in [-0.3, -0.25) is 4.99 Å². The molecule has 2 aromatic rings. The fraction of sp³-hybridized carbons (Fsp3) is 0.318. The van der Waals surface area contributed by atoms with Gasteiger partial charge in [-0.15, -0.1) is 0 Å². The third kappa shape index (κ3) is 4.13. The molecule has 2 aromatic carbocycles. The minimum absolute atomic E-state index is 0.200. The van der Waals surface area contributed by atoms with Gasteiger partial charge in [0, 0.05) is 47.7 Å². The molecule has 0 unspecified atom stereocenters. The molecule has 4 rings (SSSR count). The number of hydrogen-bond acceptors (Lipinski definition) is 4. The molecular formula is C22H24BrFN4. The van der Waals surface area contributed by atoms with E-state index in [0.717, 1.165) is 39.9 Å². The van der Waals surface area contributed by atoms with Gasteiger partial charge in [0.2, 0.25) is 0 Å². The van der Waals surface area contributed by atoms with Gasteiger partial charge in [-0.1, -0.05) is 22.0 Å². The number of anilines is 2. The van der Waals surface area contributed by atoms with Crippen LogP contribution in [-0.4, -0.2) is 37.9 Å². The molecule has 0 spiro atoms. The van der Waals surface area contributed by atoms with E-state index in [1.807, 2.05) is 36.7 Å². The first kappa shape index (κ1) is 19.2. The molecule has 4 nitrogen and oxygen atoms in total. The van der Waals surface area contributed by atoms with Crippen LogP contribution >= 0.6 is 15.9 Å². The van der Waals surface area contributed by atoms with Gasteiger partial charge in [0.15, 0.2) is 0 Å². The van der Waals surface area contributed by atoms with E-state index in [1.54, 1.807) is 6.07 Å². The Morgan fingerprint density at radius 3 is 2.71 bits per heavy atom. The molecule has 1 saturated heterocycles. The van der Waals surface area contributed by atoms with E-state index in [2.05, 4.69) is 56.4 Å². The Kier molecular flexibility index (Phi) is 5.51. The lowest BCUT2D eigenvalue weighted by Crippen LogP contribution is -2.54. The van der Waals surface area contributed by atoms with Gasteiger partial charge in [-0.25, -0.2) is 4.39 Å².